The number of nitrogens with one attached hydrogen (secondary N) is 1. The highest BCUT2D eigenvalue weighted by Crippen LogP contribution is 2.28. The number of hydrogen-bond donors (Lipinski definition) is 1. The molecular weight excluding hydrogens is 334 g/mol. The zero-order valence-electron chi connectivity index (χ0n) is 13.0. The van der Waals surface area contributed by atoms with Crippen LogP contribution in [0.3, 0.4) is 0 Å². The average Bonchev–Trinajstić information content (AvgIpc) is 2.86. The largest absolute Gasteiger partial charge is 0.481 e. The molecule has 0 aliphatic carbocycles. The summed E-state index contributed by atoms with van der Waals surface area (Å²) in [5, 5.41) is 4.36. The van der Waals surface area contributed by atoms with Crippen molar-refractivity contribution in [3.63, 3.8) is 0 Å². The lowest BCUT2D eigenvalue weighted by molar-refractivity contribution is 0.400. The van der Waals surface area contributed by atoms with Crippen molar-refractivity contribution in [1.29, 1.82) is 0 Å². The Morgan fingerprint density at radius 2 is 2.04 bits per heavy atom. The van der Waals surface area contributed by atoms with E-state index in [-0.39, 0.29) is 0 Å². The average molecular weight is 350 g/mol. The summed E-state index contributed by atoms with van der Waals surface area (Å²) >= 11 is 7.54. The number of fused-ring (bicyclic) bond motifs is 1. The molecule has 0 aliphatic rings. The molecule has 3 heterocycles. The molecule has 3 rings (SSSR count). The van der Waals surface area contributed by atoms with Gasteiger partial charge in [0, 0.05) is 12.6 Å². The normalized spacial score (nSPS) is 11.2. The van der Waals surface area contributed by atoms with E-state index in [0.29, 0.717) is 22.0 Å². The Hall–Kier alpha value is -1.96. The Balaban J connectivity index is 1.87. The summed E-state index contributed by atoms with van der Waals surface area (Å²) in [6.07, 6.45) is 0. The molecular formula is C15H16ClN5OS. The van der Waals surface area contributed by atoms with Gasteiger partial charge in [0.1, 0.15) is 21.3 Å². The van der Waals surface area contributed by atoms with Gasteiger partial charge in [-0.25, -0.2) is 15.0 Å². The Bertz CT molecular complexity index is 836. The molecule has 3 aromatic rings. The molecule has 3 aromatic heterocycles. The Kier molecular flexibility index (Phi) is 4.61. The van der Waals surface area contributed by atoms with E-state index in [9.17, 15) is 0 Å². The van der Waals surface area contributed by atoms with Crippen molar-refractivity contribution in [2.75, 3.05) is 26.5 Å². The molecule has 0 fully saturated rings. The molecule has 0 atom stereocenters. The highest BCUT2D eigenvalue weighted by molar-refractivity contribution is 7.21. The quantitative estimate of drug-likeness (QED) is 0.711. The standard InChI is InChI=1S/C15H16ClN5OS/c1-21(2)8-9-6-11(16)18-12(7-9)19-15-17-10-4-5-13(22-3)20-14(10)23-15/h4-7H,8H2,1-3H3,(H,17,18,19). The van der Waals surface area contributed by atoms with Crippen LogP contribution in [0.4, 0.5) is 10.9 Å². The monoisotopic (exact) mass is 349 g/mol. The van der Waals surface area contributed by atoms with Crippen molar-refractivity contribution in [2.24, 2.45) is 0 Å². The van der Waals surface area contributed by atoms with E-state index >= 15 is 0 Å². The Morgan fingerprint density at radius 3 is 2.78 bits per heavy atom. The van der Waals surface area contributed by atoms with Gasteiger partial charge in [0.25, 0.3) is 0 Å². The molecule has 0 aromatic carbocycles. The molecule has 0 amide bonds. The maximum atomic E-state index is 6.10. The molecule has 0 unspecified atom stereocenters. The zero-order chi connectivity index (χ0) is 16.4. The molecule has 23 heavy (non-hydrogen) atoms. The van der Waals surface area contributed by atoms with Gasteiger partial charge in [-0.15, -0.1) is 0 Å². The molecule has 0 saturated carbocycles. The lowest BCUT2D eigenvalue weighted by Gasteiger charge is -2.11. The lowest BCUT2D eigenvalue weighted by atomic mass is 10.2. The van der Waals surface area contributed by atoms with Crippen LogP contribution in [-0.4, -0.2) is 41.1 Å². The number of anilines is 2. The van der Waals surface area contributed by atoms with Crippen LogP contribution < -0.4 is 10.1 Å². The molecule has 8 heteroatoms. The summed E-state index contributed by atoms with van der Waals surface area (Å²) < 4.78 is 5.13. The van der Waals surface area contributed by atoms with Crippen molar-refractivity contribution < 1.29 is 4.74 Å². The van der Waals surface area contributed by atoms with E-state index in [1.807, 2.05) is 32.3 Å². The van der Waals surface area contributed by atoms with Crippen LogP contribution in [0.2, 0.25) is 5.15 Å². The minimum atomic E-state index is 0.452. The number of methoxy groups -OCH3 is 1. The third-order valence-corrected chi connectivity index (χ3v) is 4.10. The molecule has 1 N–H and O–H groups in total. The second-order valence-electron chi connectivity index (χ2n) is 5.24. The second-order valence-corrected chi connectivity index (χ2v) is 6.61. The van der Waals surface area contributed by atoms with E-state index in [4.69, 9.17) is 16.3 Å². The maximum Gasteiger partial charge on any atom is 0.214 e. The zero-order valence-corrected chi connectivity index (χ0v) is 14.6. The van der Waals surface area contributed by atoms with Gasteiger partial charge in [-0.3, -0.25) is 0 Å². The second kappa shape index (κ2) is 6.66. The predicted octanol–water partition coefficient (Wildman–Crippen LogP) is 3.55. The number of rotatable bonds is 5. The summed E-state index contributed by atoms with van der Waals surface area (Å²) in [6.45, 7) is 0.787. The molecule has 0 radical (unpaired) electrons. The lowest BCUT2D eigenvalue weighted by Crippen LogP contribution is -2.11. The first-order chi connectivity index (χ1) is 11.0. The van der Waals surface area contributed by atoms with E-state index in [1.54, 1.807) is 13.2 Å². The van der Waals surface area contributed by atoms with Crippen LogP contribution in [-0.2, 0) is 6.54 Å². The number of thiazole rings is 1. The minimum Gasteiger partial charge on any atom is -0.481 e. The Labute approximate surface area is 143 Å². The first-order valence-electron chi connectivity index (χ1n) is 6.93. The van der Waals surface area contributed by atoms with Gasteiger partial charge in [0.2, 0.25) is 5.88 Å². The van der Waals surface area contributed by atoms with Crippen LogP contribution >= 0.6 is 22.9 Å². The van der Waals surface area contributed by atoms with Crippen molar-refractivity contribution >= 4 is 44.2 Å². The van der Waals surface area contributed by atoms with Crippen LogP contribution in [0.5, 0.6) is 5.88 Å². The number of nitrogens with zero attached hydrogens (tertiary/aromatic N) is 4. The van der Waals surface area contributed by atoms with Crippen molar-refractivity contribution in [3.05, 3.63) is 35.0 Å². The predicted molar refractivity (Wildman–Crippen MR) is 93.9 cm³/mol. The van der Waals surface area contributed by atoms with E-state index in [0.717, 1.165) is 22.5 Å². The topological polar surface area (TPSA) is 63.2 Å². The van der Waals surface area contributed by atoms with Gasteiger partial charge in [-0.2, -0.15) is 0 Å². The SMILES string of the molecule is COc1ccc2nc(Nc3cc(CN(C)C)cc(Cl)n3)sc2n1. The first-order valence-corrected chi connectivity index (χ1v) is 8.13. The van der Waals surface area contributed by atoms with Gasteiger partial charge in [0.15, 0.2) is 5.13 Å². The number of halogens is 1. The van der Waals surface area contributed by atoms with Crippen LogP contribution in [0.15, 0.2) is 24.3 Å². The fraction of sp³-hybridized carbons (Fsp3) is 0.267. The van der Waals surface area contributed by atoms with Gasteiger partial charge in [0.05, 0.1) is 7.11 Å². The number of pyridine rings is 2. The van der Waals surface area contributed by atoms with Crippen LogP contribution in [0.1, 0.15) is 5.56 Å². The molecule has 0 spiro atoms. The van der Waals surface area contributed by atoms with Crippen LogP contribution in [0.25, 0.3) is 10.3 Å². The molecule has 6 nitrogen and oxygen atoms in total. The third-order valence-electron chi connectivity index (χ3n) is 3.03. The van der Waals surface area contributed by atoms with Crippen molar-refractivity contribution in [2.45, 2.75) is 6.54 Å². The van der Waals surface area contributed by atoms with E-state index in [2.05, 4.69) is 25.2 Å². The summed E-state index contributed by atoms with van der Waals surface area (Å²) in [4.78, 5) is 16.0. The summed E-state index contributed by atoms with van der Waals surface area (Å²) in [7, 11) is 5.61. The van der Waals surface area contributed by atoms with E-state index in [1.165, 1.54) is 11.3 Å². The summed E-state index contributed by atoms with van der Waals surface area (Å²) in [6, 6.07) is 7.49. The Morgan fingerprint density at radius 1 is 1.22 bits per heavy atom. The fourth-order valence-electron chi connectivity index (χ4n) is 2.15. The molecule has 0 aliphatic heterocycles. The molecule has 0 bridgehead atoms. The first kappa shape index (κ1) is 15.9. The minimum absolute atomic E-state index is 0.452. The van der Waals surface area contributed by atoms with Gasteiger partial charge < -0.3 is 15.0 Å². The maximum absolute atomic E-state index is 6.10. The summed E-state index contributed by atoms with van der Waals surface area (Å²) in [5.41, 5.74) is 1.90. The number of hydrogen-bond acceptors (Lipinski definition) is 7. The van der Waals surface area contributed by atoms with Gasteiger partial charge in [-0.1, -0.05) is 22.9 Å². The van der Waals surface area contributed by atoms with Gasteiger partial charge in [-0.05, 0) is 37.9 Å². The highest BCUT2D eigenvalue weighted by Gasteiger charge is 2.09. The smallest absolute Gasteiger partial charge is 0.214 e. The summed E-state index contributed by atoms with van der Waals surface area (Å²) in [5.74, 6) is 1.24. The van der Waals surface area contributed by atoms with E-state index < -0.39 is 0 Å². The fourth-order valence-corrected chi connectivity index (χ4v) is 3.21. The highest BCUT2D eigenvalue weighted by atomic mass is 35.5. The van der Waals surface area contributed by atoms with Crippen LogP contribution in [0, 0.1) is 0 Å². The van der Waals surface area contributed by atoms with Gasteiger partial charge >= 0.3 is 0 Å². The third kappa shape index (κ3) is 3.87. The molecule has 120 valence electrons. The molecule has 0 saturated heterocycles. The van der Waals surface area contributed by atoms with Crippen molar-refractivity contribution in [3.8, 4) is 5.88 Å². The van der Waals surface area contributed by atoms with Crippen molar-refractivity contribution in [1.82, 2.24) is 19.9 Å². The number of ether oxygens (including phenoxy) is 1. The number of aromatic nitrogens is 3.